The molecule has 3 aromatic heterocycles. The molecule has 4 heterocycles. The average Bonchev–Trinajstić information content (AvgIpc) is 3.38. The van der Waals surface area contributed by atoms with Crippen molar-refractivity contribution in [1.82, 2.24) is 14.4 Å². The molecule has 4 aromatic rings. The van der Waals surface area contributed by atoms with Gasteiger partial charge in [-0.15, -0.1) is 0 Å². The monoisotopic (exact) mass is 392 g/mol. The fourth-order valence-electron chi connectivity index (χ4n) is 3.62. The third kappa shape index (κ3) is 3.11. The van der Waals surface area contributed by atoms with Crippen molar-refractivity contribution in [2.24, 2.45) is 0 Å². The minimum absolute atomic E-state index is 0.177. The van der Waals surface area contributed by atoms with Gasteiger partial charge in [0.1, 0.15) is 17.3 Å². The Morgan fingerprint density at radius 1 is 1.24 bits per heavy atom. The van der Waals surface area contributed by atoms with Gasteiger partial charge in [-0.05, 0) is 37.3 Å². The van der Waals surface area contributed by atoms with E-state index in [1.807, 2.05) is 36.2 Å². The predicted molar refractivity (Wildman–Crippen MR) is 106 cm³/mol. The molecule has 1 fully saturated rings. The number of ether oxygens (including phenoxy) is 2. The summed E-state index contributed by atoms with van der Waals surface area (Å²) < 4.78 is 18.7. The van der Waals surface area contributed by atoms with Crippen molar-refractivity contribution in [2.75, 3.05) is 31.7 Å². The van der Waals surface area contributed by atoms with E-state index in [9.17, 15) is 4.79 Å². The molecule has 0 saturated carbocycles. The predicted octanol–water partition coefficient (Wildman–Crippen LogP) is 3.15. The van der Waals surface area contributed by atoms with Gasteiger partial charge in [0.05, 0.1) is 31.5 Å². The van der Waals surface area contributed by atoms with Crippen molar-refractivity contribution in [3.05, 3.63) is 59.5 Å². The Balaban J connectivity index is 1.42. The molecule has 0 radical (unpaired) electrons. The Morgan fingerprint density at radius 2 is 2.14 bits per heavy atom. The Hall–Kier alpha value is -3.39. The van der Waals surface area contributed by atoms with E-state index < -0.39 is 5.97 Å². The van der Waals surface area contributed by atoms with E-state index in [2.05, 4.69) is 9.38 Å². The highest BCUT2D eigenvalue weighted by Crippen LogP contribution is 2.28. The van der Waals surface area contributed by atoms with Gasteiger partial charge in [0.25, 0.3) is 6.01 Å². The Labute approximate surface area is 166 Å². The number of pyridine rings is 1. The van der Waals surface area contributed by atoms with Crippen molar-refractivity contribution >= 4 is 28.7 Å². The number of methoxy groups -OCH3 is 1. The molecule has 1 unspecified atom stereocenters. The van der Waals surface area contributed by atoms with E-state index in [-0.39, 0.29) is 6.10 Å². The number of aromatic nitrogens is 3. The molecule has 1 aromatic carbocycles. The van der Waals surface area contributed by atoms with Gasteiger partial charge in [-0.2, -0.15) is 4.98 Å². The number of anilines is 1. The molecule has 0 bridgehead atoms. The number of rotatable bonds is 3. The molecule has 148 valence electrons. The molecule has 5 rings (SSSR count). The number of hydrogen-bond donors (Lipinski definition) is 0. The fraction of sp³-hybridized carbons (Fsp3) is 0.286. The van der Waals surface area contributed by atoms with Crippen molar-refractivity contribution in [2.45, 2.75) is 13.0 Å². The maximum atomic E-state index is 11.7. The third-order valence-corrected chi connectivity index (χ3v) is 5.18. The minimum atomic E-state index is -0.404. The largest absolute Gasteiger partial charge is 0.465 e. The van der Waals surface area contributed by atoms with Gasteiger partial charge in [0.15, 0.2) is 5.58 Å². The Kier molecular flexibility index (Phi) is 4.21. The van der Waals surface area contributed by atoms with Crippen LogP contribution in [0.4, 0.5) is 6.01 Å². The number of morpholine rings is 1. The molecular formula is C21H20N4O4. The van der Waals surface area contributed by atoms with E-state index in [0.29, 0.717) is 42.4 Å². The maximum Gasteiger partial charge on any atom is 0.337 e. The summed E-state index contributed by atoms with van der Waals surface area (Å²) in [6.07, 6.45) is 1.84. The first kappa shape index (κ1) is 17.7. The van der Waals surface area contributed by atoms with Crippen LogP contribution in [0.15, 0.2) is 47.0 Å². The zero-order valence-electron chi connectivity index (χ0n) is 16.2. The number of carbonyl (C=O) groups excluding carboxylic acids is 1. The van der Waals surface area contributed by atoms with Crippen molar-refractivity contribution in [3.63, 3.8) is 0 Å². The maximum absolute atomic E-state index is 11.7. The zero-order chi connectivity index (χ0) is 20.0. The second kappa shape index (κ2) is 6.89. The molecule has 1 aliphatic rings. The topological polar surface area (TPSA) is 82.1 Å². The summed E-state index contributed by atoms with van der Waals surface area (Å²) in [4.78, 5) is 23.1. The number of carbonyl (C=O) groups is 1. The van der Waals surface area contributed by atoms with E-state index in [1.165, 1.54) is 7.11 Å². The molecule has 8 heteroatoms. The third-order valence-electron chi connectivity index (χ3n) is 5.18. The van der Waals surface area contributed by atoms with E-state index in [0.717, 1.165) is 17.0 Å². The lowest BCUT2D eigenvalue weighted by atomic mass is 10.2. The van der Waals surface area contributed by atoms with Gasteiger partial charge in [0, 0.05) is 18.4 Å². The normalized spacial score (nSPS) is 17.2. The van der Waals surface area contributed by atoms with Crippen LogP contribution in [-0.4, -0.2) is 47.1 Å². The second-order valence-corrected chi connectivity index (χ2v) is 7.04. The van der Waals surface area contributed by atoms with Crippen LogP contribution in [0.2, 0.25) is 0 Å². The summed E-state index contributed by atoms with van der Waals surface area (Å²) in [6.45, 7) is 3.84. The summed E-state index contributed by atoms with van der Waals surface area (Å²) in [5, 5.41) is 0. The summed E-state index contributed by atoms with van der Waals surface area (Å²) in [5.41, 5.74) is 4.58. The van der Waals surface area contributed by atoms with Crippen molar-refractivity contribution in [3.8, 4) is 0 Å². The Morgan fingerprint density at radius 3 is 2.97 bits per heavy atom. The molecule has 1 aliphatic heterocycles. The smallest absolute Gasteiger partial charge is 0.337 e. The number of nitrogens with zero attached hydrogens (tertiary/aromatic N) is 4. The quantitative estimate of drug-likeness (QED) is 0.495. The van der Waals surface area contributed by atoms with Crippen LogP contribution < -0.4 is 4.90 Å². The van der Waals surface area contributed by atoms with Gasteiger partial charge in [-0.3, -0.25) is 0 Å². The lowest BCUT2D eigenvalue weighted by Crippen LogP contribution is -2.38. The van der Waals surface area contributed by atoms with Gasteiger partial charge in [-0.1, -0.05) is 6.07 Å². The van der Waals surface area contributed by atoms with Crippen molar-refractivity contribution in [1.29, 1.82) is 0 Å². The van der Waals surface area contributed by atoms with Gasteiger partial charge in [0.2, 0.25) is 0 Å². The van der Waals surface area contributed by atoms with Gasteiger partial charge in [-0.25, -0.2) is 9.78 Å². The van der Waals surface area contributed by atoms with Gasteiger partial charge < -0.3 is 23.2 Å². The van der Waals surface area contributed by atoms with Gasteiger partial charge >= 0.3 is 5.97 Å². The van der Waals surface area contributed by atoms with Crippen LogP contribution in [0.1, 0.15) is 27.8 Å². The number of fused-ring (bicyclic) bond motifs is 2. The molecular weight excluding hydrogens is 372 g/mol. The summed E-state index contributed by atoms with van der Waals surface area (Å²) in [5.74, 6) is -0.404. The SMILES string of the molecule is COC(=O)c1ccc2nc(N3CCOC(c4cn5c(C)cccc5n4)C3)oc2c1. The van der Waals surface area contributed by atoms with Crippen LogP contribution in [0.5, 0.6) is 0 Å². The highest BCUT2D eigenvalue weighted by Gasteiger charge is 2.27. The number of esters is 1. The number of aryl methyl sites for hydroxylation is 1. The minimum Gasteiger partial charge on any atom is -0.465 e. The number of oxazole rings is 1. The zero-order valence-corrected chi connectivity index (χ0v) is 16.2. The van der Waals surface area contributed by atoms with Crippen LogP contribution in [-0.2, 0) is 9.47 Å². The average molecular weight is 392 g/mol. The first-order valence-corrected chi connectivity index (χ1v) is 9.42. The van der Waals surface area contributed by atoms with Crippen LogP contribution in [0.25, 0.3) is 16.7 Å². The highest BCUT2D eigenvalue weighted by atomic mass is 16.5. The van der Waals surface area contributed by atoms with Crippen LogP contribution in [0, 0.1) is 6.92 Å². The fourth-order valence-corrected chi connectivity index (χ4v) is 3.62. The first-order valence-electron chi connectivity index (χ1n) is 9.42. The standard InChI is InChI=1S/C21H20N4O4/c1-13-4-3-5-19-22-16(11-25(13)19)18-12-24(8-9-28-18)21-23-15-7-6-14(20(26)27-2)10-17(15)29-21/h3-7,10-11,18H,8-9,12H2,1-2H3. The summed E-state index contributed by atoms with van der Waals surface area (Å²) in [6, 6.07) is 11.6. The summed E-state index contributed by atoms with van der Waals surface area (Å²) >= 11 is 0. The molecule has 0 spiro atoms. The molecule has 0 N–H and O–H groups in total. The lowest BCUT2D eigenvalue weighted by molar-refractivity contribution is 0.0357. The molecule has 1 atom stereocenters. The molecule has 0 aliphatic carbocycles. The van der Waals surface area contributed by atoms with Crippen molar-refractivity contribution < 1.29 is 18.7 Å². The van der Waals surface area contributed by atoms with Crippen LogP contribution in [0.3, 0.4) is 0 Å². The highest BCUT2D eigenvalue weighted by molar-refractivity contribution is 5.93. The molecule has 1 saturated heterocycles. The number of hydrogen-bond acceptors (Lipinski definition) is 7. The molecule has 29 heavy (non-hydrogen) atoms. The first-order chi connectivity index (χ1) is 14.1. The lowest BCUT2D eigenvalue weighted by Gasteiger charge is -2.30. The summed E-state index contributed by atoms with van der Waals surface area (Å²) in [7, 11) is 1.35. The Bertz CT molecular complexity index is 1210. The van der Waals surface area contributed by atoms with E-state index >= 15 is 0 Å². The molecule has 0 amide bonds. The molecule has 8 nitrogen and oxygen atoms in total. The second-order valence-electron chi connectivity index (χ2n) is 7.04. The van der Waals surface area contributed by atoms with Crippen LogP contribution >= 0.6 is 0 Å². The van der Waals surface area contributed by atoms with E-state index in [4.69, 9.17) is 18.9 Å². The van der Waals surface area contributed by atoms with E-state index in [1.54, 1.807) is 18.2 Å². The number of benzene rings is 1. The number of imidazole rings is 1.